The molecule has 0 spiro atoms. The van der Waals surface area contributed by atoms with Crippen molar-refractivity contribution in [1.29, 1.82) is 0 Å². The Bertz CT molecular complexity index is 254. The van der Waals surface area contributed by atoms with Gasteiger partial charge in [0.05, 0.1) is 0 Å². The van der Waals surface area contributed by atoms with E-state index in [2.05, 4.69) is 37.8 Å². The molecule has 1 rings (SSSR count). The molecule has 0 amide bonds. The third-order valence-electron chi connectivity index (χ3n) is 5.05. The van der Waals surface area contributed by atoms with Gasteiger partial charge >= 0.3 is 0 Å². The van der Waals surface area contributed by atoms with E-state index in [0.717, 1.165) is 6.54 Å². The zero-order valence-electron chi connectivity index (χ0n) is 14.1. The fourth-order valence-electron chi connectivity index (χ4n) is 3.79. The van der Waals surface area contributed by atoms with Crippen LogP contribution < -0.4 is 5.32 Å². The molecule has 0 saturated heterocycles. The summed E-state index contributed by atoms with van der Waals surface area (Å²) < 4.78 is 0. The lowest BCUT2D eigenvalue weighted by atomic mass is 9.83. The van der Waals surface area contributed by atoms with Crippen molar-refractivity contribution in [3.05, 3.63) is 12.7 Å². The topological polar surface area (TPSA) is 15.3 Å². The average molecular weight is 280 g/mol. The summed E-state index contributed by atoms with van der Waals surface area (Å²) in [5.41, 5.74) is 0.410. The summed E-state index contributed by atoms with van der Waals surface area (Å²) >= 11 is 0. The van der Waals surface area contributed by atoms with Crippen molar-refractivity contribution in [2.75, 3.05) is 20.6 Å². The molecule has 1 fully saturated rings. The molecule has 1 N–H and O–H groups in total. The van der Waals surface area contributed by atoms with Gasteiger partial charge in [-0.05, 0) is 59.2 Å². The van der Waals surface area contributed by atoms with Crippen molar-refractivity contribution < 1.29 is 0 Å². The number of nitrogens with one attached hydrogen (secondary N) is 1. The minimum absolute atomic E-state index is 0.410. The molecule has 1 unspecified atom stereocenters. The summed E-state index contributed by atoms with van der Waals surface area (Å²) in [5.74, 6) is 0. The fourth-order valence-corrected chi connectivity index (χ4v) is 3.79. The highest BCUT2D eigenvalue weighted by Crippen LogP contribution is 2.38. The van der Waals surface area contributed by atoms with Crippen molar-refractivity contribution in [2.45, 2.75) is 82.7 Å². The maximum Gasteiger partial charge on any atom is 0.0356 e. The second-order valence-corrected chi connectivity index (χ2v) is 6.64. The number of allylic oxidation sites excluding steroid dienone is 1. The van der Waals surface area contributed by atoms with E-state index < -0.39 is 0 Å². The molecule has 0 aromatic carbocycles. The Hall–Kier alpha value is -0.340. The zero-order chi connectivity index (χ0) is 14.8. The van der Waals surface area contributed by atoms with Crippen LogP contribution in [-0.2, 0) is 0 Å². The molecule has 20 heavy (non-hydrogen) atoms. The first-order valence-corrected chi connectivity index (χ1v) is 8.69. The summed E-state index contributed by atoms with van der Waals surface area (Å²) in [6, 6.07) is 0.670. The maximum absolute atomic E-state index is 3.86. The number of hydrogen-bond donors (Lipinski definition) is 1. The first kappa shape index (κ1) is 17.7. The van der Waals surface area contributed by atoms with Crippen molar-refractivity contribution in [3.63, 3.8) is 0 Å². The molecule has 1 saturated carbocycles. The lowest BCUT2D eigenvalue weighted by Gasteiger charge is -2.44. The molecule has 0 bridgehead atoms. The Morgan fingerprint density at radius 3 is 2.45 bits per heavy atom. The summed E-state index contributed by atoms with van der Waals surface area (Å²) in [5, 5.41) is 3.86. The van der Waals surface area contributed by atoms with Crippen LogP contribution >= 0.6 is 0 Å². The van der Waals surface area contributed by atoms with Crippen LogP contribution in [0.15, 0.2) is 12.7 Å². The summed E-state index contributed by atoms with van der Waals surface area (Å²) in [7, 11) is 4.56. The second kappa shape index (κ2) is 9.57. The van der Waals surface area contributed by atoms with Gasteiger partial charge in [-0.2, -0.15) is 0 Å². The largest absolute Gasteiger partial charge is 0.312 e. The average Bonchev–Trinajstić information content (AvgIpc) is 2.92. The van der Waals surface area contributed by atoms with E-state index in [4.69, 9.17) is 0 Å². The Morgan fingerprint density at radius 1 is 1.20 bits per heavy atom. The van der Waals surface area contributed by atoms with Gasteiger partial charge < -0.3 is 10.2 Å². The molecule has 1 aliphatic rings. The molecule has 0 aliphatic heterocycles. The van der Waals surface area contributed by atoms with Crippen molar-refractivity contribution in [1.82, 2.24) is 10.2 Å². The highest BCUT2D eigenvalue weighted by atomic mass is 15.2. The minimum atomic E-state index is 0.410. The summed E-state index contributed by atoms with van der Waals surface area (Å²) in [6.45, 7) is 7.24. The normalized spacial score (nSPS) is 19.4. The van der Waals surface area contributed by atoms with Gasteiger partial charge in [0.1, 0.15) is 0 Å². The van der Waals surface area contributed by atoms with Gasteiger partial charge in [0.25, 0.3) is 0 Å². The van der Waals surface area contributed by atoms with Gasteiger partial charge in [0, 0.05) is 11.6 Å². The Labute approximate surface area is 127 Å². The smallest absolute Gasteiger partial charge is 0.0356 e. The quantitative estimate of drug-likeness (QED) is 0.447. The highest BCUT2D eigenvalue weighted by molar-refractivity contribution is 5.01. The lowest BCUT2D eigenvalue weighted by Crippen LogP contribution is -2.57. The van der Waals surface area contributed by atoms with Crippen LogP contribution in [0.2, 0.25) is 0 Å². The van der Waals surface area contributed by atoms with E-state index in [0.29, 0.717) is 11.6 Å². The van der Waals surface area contributed by atoms with Crippen LogP contribution in [-0.4, -0.2) is 37.1 Å². The first-order chi connectivity index (χ1) is 9.67. The number of rotatable bonds is 11. The van der Waals surface area contributed by atoms with Crippen molar-refractivity contribution >= 4 is 0 Å². The summed E-state index contributed by atoms with van der Waals surface area (Å²) in [6.07, 6.45) is 15.3. The van der Waals surface area contributed by atoms with E-state index in [9.17, 15) is 0 Å². The molecule has 0 aromatic heterocycles. The van der Waals surface area contributed by atoms with Crippen LogP contribution in [0.3, 0.4) is 0 Å². The SMILES string of the molecule is C=CCCCCCC(NCCC)C1(N(C)C)CCCC1. The molecule has 1 atom stereocenters. The van der Waals surface area contributed by atoms with E-state index in [1.807, 2.05) is 6.08 Å². The Kier molecular flexibility index (Phi) is 8.47. The fraction of sp³-hybridized carbons (Fsp3) is 0.889. The third-order valence-corrected chi connectivity index (χ3v) is 5.05. The Morgan fingerprint density at radius 2 is 1.90 bits per heavy atom. The van der Waals surface area contributed by atoms with Gasteiger partial charge in [-0.25, -0.2) is 0 Å². The highest BCUT2D eigenvalue weighted by Gasteiger charge is 2.42. The third kappa shape index (κ3) is 4.89. The van der Waals surface area contributed by atoms with Gasteiger partial charge in [-0.15, -0.1) is 6.58 Å². The van der Waals surface area contributed by atoms with E-state index in [1.165, 1.54) is 64.2 Å². The Balaban J connectivity index is 2.54. The predicted molar refractivity (Wildman–Crippen MR) is 90.2 cm³/mol. The van der Waals surface area contributed by atoms with E-state index in [1.54, 1.807) is 0 Å². The minimum Gasteiger partial charge on any atom is -0.312 e. The van der Waals surface area contributed by atoms with Crippen LogP contribution in [0.25, 0.3) is 0 Å². The molecule has 0 heterocycles. The second-order valence-electron chi connectivity index (χ2n) is 6.64. The molecule has 2 nitrogen and oxygen atoms in total. The van der Waals surface area contributed by atoms with E-state index >= 15 is 0 Å². The molecular weight excluding hydrogens is 244 g/mol. The monoisotopic (exact) mass is 280 g/mol. The molecule has 0 aromatic rings. The van der Waals surface area contributed by atoms with Gasteiger partial charge in [0.2, 0.25) is 0 Å². The lowest BCUT2D eigenvalue weighted by molar-refractivity contribution is 0.0984. The van der Waals surface area contributed by atoms with Crippen molar-refractivity contribution in [2.24, 2.45) is 0 Å². The van der Waals surface area contributed by atoms with Crippen LogP contribution in [0, 0.1) is 0 Å². The zero-order valence-corrected chi connectivity index (χ0v) is 14.1. The number of unbranched alkanes of at least 4 members (excludes halogenated alkanes) is 3. The number of hydrogen-bond acceptors (Lipinski definition) is 2. The van der Waals surface area contributed by atoms with Crippen molar-refractivity contribution in [3.8, 4) is 0 Å². The molecular formula is C18H36N2. The van der Waals surface area contributed by atoms with Crippen LogP contribution in [0.5, 0.6) is 0 Å². The standard InChI is InChI=1S/C18H36N2/c1-5-7-8-9-10-13-17(19-16-6-2)18(20(3)4)14-11-12-15-18/h5,17,19H,1,6-16H2,2-4H3. The first-order valence-electron chi connectivity index (χ1n) is 8.69. The maximum atomic E-state index is 3.86. The number of nitrogens with zero attached hydrogens (tertiary/aromatic N) is 1. The summed E-state index contributed by atoms with van der Waals surface area (Å²) in [4.78, 5) is 2.51. The molecule has 118 valence electrons. The van der Waals surface area contributed by atoms with Gasteiger partial charge in [-0.3, -0.25) is 0 Å². The van der Waals surface area contributed by atoms with Crippen LogP contribution in [0.1, 0.15) is 71.1 Å². The van der Waals surface area contributed by atoms with Crippen LogP contribution in [0.4, 0.5) is 0 Å². The number of likely N-dealkylation sites (N-methyl/N-ethyl adjacent to an activating group) is 1. The molecule has 0 radical (unpaired) electrons. The molecule has 2 heteroatoms. The van der Waals surface area contributed by atoms with E-state index in [-0.39, 0.29) is 0 Å². The predicted octanol–water partition coefficient (Wildman–Crippen LogP) is 4.37. The van der Waals surface area contributed by atoms with Gasteiger partial charge in [-0.1, -0.05) is 38.7 Å². The van der Waals surface area contributed by atoms with Gasteiger partial charge in [0.15, 0.2) is 0 Å². The molecule has 1 aliphatic carbocycles.